The molecule has 0 N–H and O–H groups in total. The van der Waals surface area contributed by atoms with E-state index in [0.717, 1.165) is 11.3 Å². The van der Waals surface area contributed by atoms with E-state index in [-0.39, 0.29) is 12.5 Å². The Morgan fingerprint density at radius 1 is 1.47 bits per heavy atom. The molecule has 4 heteroatoms. The van der Waals surface area contributed by atoms with Crippen LogP contribution in [0.4, 0.5) is 0 Å². The first-order chi connectivity index (χ1) is 7.31. The quantitative estimate of drug-likeness (QED) is 0.507. The van der Waals surface area contributed by atoms with Crippen LogP contribution in [0.25, 0.3) is 0 Å². The fraction of sp³-hybridized carbons (Fsp3) is 0.273. The fourth-order valence-corrected chi connectivity index (χ4v) is 1.62. The molecule has 0 spiro atoms. The van der Waals surface area contributed by atoms with E-state index in [1.807, 2.05) is 24.3 Å². The van der Waals surface area contributed by atoms with Gasteiger partial charge in [-0.25, -0.2) is 4.79 Å². The third kappa shape index (κ3) is 1.95. The second-order valence-corrected chi connectivity index (χ2v) is 3.36. The van der Waals surface area contributed by atoms with Gasteiger partial charge in [-0.05, 0) is 18.1 Å². The molecule has 0 saturated carbocycles. The van der Waals surface area contributed by atoms with Crippen LogP contribution in [0.3, 0.4) is 0 Å². The Morgan fingerprint density at radius 3 is 3.07 bits per heavy atom. The SMILES string of the molecule is O=C=NC(=O)C1COc2ccccc2C1. The topological polar surface area (TPSA) is 55.7 Å². The van der Waals surface area contributed by atoms with Crippen molar-refractivity contribution in [2.45, 2.75) is 6.42 Å². The van der Waals surface area contributed by atoms with E-state index in [0.29, 0.717) is 6.42 Å². The highest BCUT2D eigenvalue weighted by Crippen LogP contribution is 2.27. The molecule has 15 heavy (non-hydrogen) atoms. The van der Waals surface area contributed by atoms with Crippen molar-refractivity contribution in [2.24, 2.45) is 10.9 Å². The Hall–Kier alpha value is -1.93. The lowest BCUT2D eigenvalue weighted by atomic mass is 9.96. The average molecular weight is 203 g/mol. The zero-order chi connectivity index (χ0) is 10.7. The second-order valence-electron chi connectivity index (χ2n) is 3.36. The van der Waals surface area contributed by atoms with Gasteiger partial charge in [0.25, 0.3) is 5.91 Å². The highest BCUT2D eigenvalue weighted by molar-refractivity contribution is 5.84. The van der Waals surface area contributed by atoms with Crippen LogP contribution in [0.1, 0.15) is 5.56 Å². The molecule has 1 aliphatic rings. The summed E-state index contributed by atoms with van der Waals surface area (Å²) >= 11 is 0. The Bertz CT molecular complexity index is 435. The fourth-order valence-electron chi connectivity index (χ4n) is 1.62. The van der Waals surface area contributed by atoms with Crippen molar-refractivity contribution in [1.82, 2.24) is 0 Å². The number of ether oxygens (including phenoxy) is 1. The molecular weight excluding hydrogens is 194 g/mol. The largest absolute Gasteiger partial charge is 0.492 e. The van der Waals surface area contributed by atoms with E-state index in [1.54, 1.807) is 0 Å². The molecule has 2 rings (SSSR count). The third-order valence-corrected chi connectivity index (χ3v) is 2.38. The number of aliphatic imine (C=N–C) groups is 1. The maximum Gasteiger partial charge on any atom is 0.263 e. The van der Waals surface area contributed by atoms with Gasteiger partial charge >= 0.3 is 0 Å². The summed E-state index contributed by atoms with van der Waals surface area (Å²) in [5.74, 6) is -0.0162. The lowest BCUT2D eigenvalue weighted by molar-refractivity contribution is -0.122. The van der Waals surface area contributed by atoms with E-state index in [9.17, 15) is 9.59 Å². The molecule has 1 atom stereocenters. The lowest BCUT2D eigenvalue weighted by Crippen LogP contribution is -2.26. The van der Waals surface area contributed by atoms with Crippen LogP contribution in [-0.2, 0) is 16.0 Å². The zero-order valence-corrected chi connectivity index (χ0v) is 7.97. The number of carbonyl (C=O) groups is 1. The summed E-state index contributed by atoms with van der Waals surface area (Å²) in [5.41, 5.74) is 0.975. The summed E-state index contributed by atoms with van der Waals surface area (Å²) in [7, 11) is 0. The van der Waals surface area contributed by atoms with Crippen LogP contribution in [-0.4, -0.2) is 18.6 Å². The first-order valence-electron chi connectivity index (χ1n) is 4.63. The monoisotopic (exact) mass is 203 g/mol. The molecule has 1 aliphatic heterocycles. The number of hydrogen-bond donors (Lipinski definition) is 0. The molecule has 0 fully saturated rings. The molecular formula is C11H9NO3. The smallest absolute Gasteiger partial charge is 0.263 e. The molecule has 0 bridgehead atoms. The Balaban J connectivity index is 2.18. The van der Waals surface area contributed by atoms with Crippen LogP contribution in [0.2, 0.25) is 0 Å². The predicted molar refractivity (Wildman–Crippen MR) is 52.3 cm³/mol. The van der Waals surface area contributed by atoms with E-state index < -0.39 is 5.91 Å². The van der Waals surface area contributed by atoms with Crippen molar-refractivity contribution in [1.29, 1.82) is 0 Å². The van der Waals surface area contributed by atoms with Gasteiger partial charge in [-0.15, -0.1) is 4.99 Å². The van der Waals surface area contributed by atoms with Gasteiger partial charge in [-0.1, -0.05) is 18.2 Å². The molecule has 1 aromatic carbocycles. The molecule has 4 nitrogen and oxygen atoms in total. The Morgan fingerprint density at radius 2 is 2.27 bits per heavy atom. The van der Waals surface area contributed by atoms with Gasteiger partial charge in [0.2, 0.25) is 6.08 Å². The first kappa shape index (κ1) is 9.62. The summed E-state index contributed by atoms with van der Waals surface area (Å²) < 4.78 is 5.39. The zero-order valence-electron chi connectivity index (χ0n) is 7.97. The molecule has 1 amide bonds. The first-order valence-corrected chi connectivity index (χ1v) is 4.63. The number of hydrogen-bond acceptors (Lipinski definition) is 3. The minimum atomic E-state index is -0.459. The lowest BCUT2D eigenvalue weighted by Gasteiger charge is -2.22. The van der Waals surface area contributed by atoms with Gasteiger partial charge in [-0.3, -0.25) is 4.79 Å². The molecule has 0 saturated heterocycles. The minimum Gasteiger partial charge on any atom is -0.492 e. The number of para-hydroxylation sites is 1. The van der Waals surface area contributed by atoms with E-state index in [1.165, 1.54) is 6.08 Å². The van der Waals surface area contributed by atoms with Crippen molar-refractivity contribution >= 4 is 12.0 Å². The van der Waals surface area contributed by atoms with Gasteiger partial charge < -0.3 is 4.74 Å². The van der Waals surface area contributed by atoms with Crippen molar-refractivity contribution in [2.75, 3.05) is 6.61 Å². The summed E-state index contributed by atoms with van der Waals surface area (Å²) in [4.78, 5) is 24.3. The molecule has 1 unspecified atom stereocenters. The maximum absolute atomic E-state index is 11.3. The summed E-state index contributed by atoms with van der Waals surface area (Å²) in [6.45, 7) is 0.279. The molecule has 76 valence electrons. The molecule has 1 aromatic rings. The number of benzene rings is 1. The van der Waals surface area contributed by atoms with Crippen LogP contribution in [0.5, 0.6) is 5.75 Å². The van der Waals surface area contributed by atoms with Crippen molar-refractivity contribution < 1.29 is 14.3 Å². The number of rotatable bonds is 1. The highest BCUT2D eigenvalue weighted by atomic mass is 16.5. The van der Waals surface area contributed by atoms with E-state index in [2.05, 4.69) is 4.99 Å². The minimum absolute atomic E-state index is 0.279. The van der Waals surface area contributed by atoms with Crippen LogP contribution >= 0.6 is 0 Å². The average Bonchev–Trinajstić information content (AvgIpc) is 2.29. The van der Waals surface area contributed by atoms with Crippen molar-refractivity contribution in [3.05, 3.63) is 29.8 Å². The molecule has 1 heterocycles. The molecule has 0 radical (unpaired) electrons. The summed E-state index contributed by atoms with van der Waals surface area (Å²) in [6, 6.07) is 7.53. The van der Waals surface area contributed by atoms with Crippen LogP contribution in [0, 0.1) is 5.92 Å². The van der Waals surface area contributed by atoms with Crippen molar-refractivity contribution in [3.63, 3.8) is 0 Å². The molecule has 0 aliphatic carbocycles. The number of isocyanates is 1. The van der Waals surface area contributed by atoms with Crippen LogP contribution in [0.15, 0.2) is 29.3 Å². The standard InChI is InChI=1S/C11H9NO3/c13-7-12-11(14)9-5-8-3-1-2-4-10(8)15-6-9/h1-4,9H,5-6H2. The third-order valence-electron chi connectivity index (χ3n) is 2.38. The number of nitrogens with zero attached hydrogens (tertiary/aromatic N) is 1. The van der Waals surface area contributed by atoms with Crippen molar-refractivity contribution in [3.8, 4) is 5.75 Å². The van der Waals surface area contributed by atoms with Gasteiger partial charge in [-0.2, -0.15) is 0 Å². The van der Waals surface area contributed by atoms with Gasteiger partial charge in [0.1, 0.15) is 12.4 Å². The number of amides is 1. The van der Waals surface area contributed by atoms with Gasteiger partial charge in [0.15, 0.2) is 0 Å². The summed E-state index contributed by atoms with van der Waals surface area (Å²) in [5, 5.41) is 0. The summed E-state index contributed by atoms with van der Waals surface area (Å²) in [6.07, 6.45) is 1.83. The predicted octanol–water partition coefficient (Wildman–Crippen LogP) is 1.10. The maximum atomic E-state index is 11.3. The van der Waals surface area contributed by atoms with Gasteiger partial charge in [0.05, 0.1) is 5.92 Å². The van der Waals surface area contributed by atoms with Gasteiger partial charge in [0, 0.05) is 0 Å². The number of carbonyl (C=O) groups excluding carboxylic acids is 2. The Labute approximate surface area is 86.6 Å². The number of fused-ring (bicyclic) bond motifs is 1. The highest BCUT2D eigenvalue weighted by Gasteiger charge is 2.25. The Kier molecular flexibility index (Phi) is 2.61. The molecule has 0 aromatic heterocycles. The van der Waals surface area contributed by atoms with E-state index in [4.69, 9.17) is 4.74 Å². The van der Waals surface area contributed by atoms with E-state index >= 15 is 0 Å². The second kappa shape index (κ2) is 4.07. The normalized spacial score (nSPS) is 18.3. The van der Waals surface area contributed by atoms with Crippen LogP contribution < -0.4 is 4.74 Å².